The van der Waals surface area contributed by atoms with Crippen molar-refractivity contribution in [3.8, 4) is 17.6 Å². The van der Waals surface area contributed by atoms with Crippen LogP contribution in [0.2, 0.25) is 0 Å². The highest BCUT2D eigenvalue weighted by atomic mass is 79.9. The summed E-state index contributed by atoms with van der Waals surface area (Å²) in [6.07, 6.45) is 1.44. The summed E-state index contributed by atoms with van der Waals surface area (Å²) in [6, 6.07) is 13.8. The highest BCUT2D eigenvalue weighted by Gasteiger charge is 2.13. The number of benzene rings is 2. The maximum absolute atomic E-state index is 12.4. The Balaban J connectivity index is 2.29. The van der Waals surface area contributed by atoms with E-state index in [1.54, 1.807) is 43.3 Å². The zero-order chi connectivity index (χ0) is 19.8. The Morgan fingerprint density at radius 3 is 2.59 bits per heavy atom. The van der Waals surface area contributed by atoms with Crippen LogP contribution in [0.3, 0.4) is 0 Å². The number of carbonyl (C=O) groups is 2. The Labute approximate surface area is 165 Å². The summed E-state index contributed by atoms with van der Waals surface area (Å²) in [5.74, 6) is -0.376. The van der Waals surface area contributed by atoms with Crippen LogP contribution in [-0.4, -0.2) is 18.5 Å². The van der Waals surface area contributed by atoms with Gasteiger partial charge in [0.25, 0.3) is 5.91 Å². The summed E-state index contributed by atoms with van der Waals surface area (Å²) in [5, 5.41) is 12.0. The summed E-state index contributed by atoms with van der Waals surface area (Å²) >= 11 is 3.34. The lowest BCUT2D eigenvalue weighted by atomic mass is 10.1. The molecule has 2 aromatic carbocycles. The van der Waals surface area contributed by atoms with E-state index in [9.17, 15) is 14.9 Å². The average molecular weight is 429 g/mol. The SMILES string of the molecule is CCOc1cc(/C=C(\C#N)C(=O)Nc2ccccc2Br)ccc1OC(C)=O. The second-order valence-electron chi connectivity index (χ2n) is 5.34. The van der Waals surface area contributed by atoms with Crippen molar-refractivity contribution in [3.63, 3.8) is 0 Å². The van der Waals surface area contributed by atoms with Crippen LogP contribution in [0.15, 0.2) is 52.5 Å². The largest absolute Gasteiger partial charge is 0.490 e. The molecule has 138 valence electrons. The van der Waals surface area contributed by atoms with Crippen molar-refractivity contribution in [2.45, 2.75) is 13.8 Å². The summed E-state index contributed by atoms with van der Waals surface area (Å²) in [4.78, 5) is 23.6. The number of nitriles is 1. The predicted molar refractivity (Wildman–Crippen MR) is 105 cm³/mol. The Bertz CT molecular complexity index is 932. The van der Waals surface area contributed by atoms with Crippen LogP contribution in [0.5, 0.6) is 11.5 Å². The molecule has 0 aliphatic heterocycles. The van der Waals surface area contributed by atoms with E-state index < -0.39 is 11.9 Å². The topological polar surface area (TPSA) is 88.4 Å². The molecule has 2 aromatic rings. The fourth-order valence-electron chi connectivity index (χ4n) is 2.19. The molecule has 7 heteroatoms. The van der Waals surface area contributed by atoms with E-state index in [0.29, 0.717) is 28.1 Å². The van der Waals surface area contributed by atoms with E-state index in [2.05, 4.69) is 21.2 Å². The highest BCUT2D eigenvalue weighted by molar-refractivity contribution is 9.10. The molecule has 0 unspecified atom stereocenters. The normalized spacial score (nSPS) is 10.7. The summed E-state index contributed by atoms with van der Waals surface area (Å²) in [7, 11) is 0. The third-order valence-electron chi connectivity index (χ3n) is 3.32. The maximum Gasteiger partial charge on any atom is 0.308 e. The molecule has 1 N–H and O–H groups in total. The van der Waals surface area contributed by atoms with Gasteiger partial charge in [0.15, 0.2) is 11.5 Å². The van der Waals surface area contributed by atoms with Crippen molar-refractivity contribution in [1.29, 1.82) is 5.26 Å². The van der Waals surface area contributed by atoms with Crippen LogP contribution in [0, 0.1) is 11.3 Å². The molecule has 0 aliphatic carbocycles. The van der Waals surface area contributed by atoms with E-state index in [1.165, 1.54) is 13.0 Å². The lowest BCUT2D eigenvalue weighted by molar-refractivity contribution is -0.132. The fourth-order valence-corrected chi connectivity index (χ4v) is 2.57. The molecular formula is C20H17BrN2O4. The van der Waals surface area contributed by atoms with E-state index in [0.717, 1.165) is 0 Å². The Morgan fingerprint density at radius 1 is 1.22 bits per heavy atom. The van der Waals surface area contributed by atoms with Crippen molar-refractivity contribution < 1.29 is 19.1 Å². The standard InChI is InChI=1S/C20H17BrN2O4/c1-3-26-19-11-14(8-9-18(19)27-13(2)24)10-15(12-22)20(25)23-17-7-5-4-6-16(17)21/h4-11H,3H2,1-2H3,(H,23,25)/b15-10+. The van der Waals surface area contributed by atoms with Crippen LogP contribution in [-0.2, 0) is 9.59 Å². The number of nitrogens with zero attached hydrogens (tertiary/aromatic N) is 1. The van der Waals surface area contributed by atoms with Gasteiger partial charge in [-0.15, -0.1) is 0 Å². The second kappa shape index (κ2) is 9.55. The van der Waals surface area contributed by atoms with Crippen LogP contribution in [0.1, 0.15) is 19.4 Å². The maximum atomic E-state index is 12.4. The van der Waals surface area contributed by atoms with Crippen molar-refractivity contribution in [3.05, 3.63) is 58.1 Å². The van der Waals surface area contributed by atoms with Gasteiger partial charge in [0.1, 0.15) is 11.6 Å². The zero-order valence-corrected chi connectivity index (χ0v) is 16.4. The molecule has 0 spiro atoms. The number of nitrogens with one attached hydrogen (secondary N) is 1. The predicted octanol–water partition coefficient (Wildman–Crippen LogP) is 4.32. The number of anilines is 1. The molecule has 0 bridgehead atoms. The monoisotopic (exact) mass is 428 g/mol. The molecule has 0 heterocycles. The lowest BCUT2D eigenvalue weighted by Crippen LogP contribution is -2.13. The zero-order valence-electron chi connectivity index (χ0n) is 14.8. The van der Waals surface area contributed by atoms with Gasteiger partial charge in [-0.3, -0.25) is 9.59 Å². The van der Waals surface area contributed by atoms with Gasteiger partial charge in [0.2, 0.25) is 0 Å². The fraction of sp³-hybridized carbons (Fsp3) is 0.150. The van der Waals surface area contributed by atoms with Crippen LogP contribution < -0.4 is 14.8 Å². The van der Waals surface area contributed by atoms with Crippen molar-refractivity contribution >= 4 is 39.6 Å². The highest BCUT2D eigenvalue weighted by Crippen LogP contribution is 2.30. The Morgan fingerprint density at radius 2 is 1.96 bits per heavy atom. The number of para-hydroxylation sites is 1. The van der Waals surface area contributed by atoms with Crippen LogP contribution in [0.25, 0.3) is 6.08 Å². The summed E-state index contributed by atoms with van der Waals surface area (Å²) in [5.41, 5.74) is 1.05. The molecule has 0 fully saturated rings. The molecule has 27 heavy (non-hydrogen) atoms. The molecule has 0 saturated carbocycles. The van der Waals surface area contributed by atoms with Crippen molar-refractivity contribution in [2.75, 3.05) is 11.9 Å². The third kappa shape index (κ3) is 5.69. The number of ether oxygens (including phenoxy) is 2. The minimum absolute atomic E-state index is 0.0755. The Kier molecular flexibility index (Phi) is 7.15. The van der Waals surface area contributed by atoms with E-state index in [-0.39, 0.29) is 11.3 Å². The number of amides is 1. The first kappa shape index (κ1) is 20.2. The lowest BCUT2D eigenvalue weighted by Gasteiger charge is -2.10. The van der Waals surface area contributed by atoms with Gasteiger partial charge in [0.05, 0.1) is 12.3 Å². The number of rotatable bonds is 6. The number of hydrogen-bond donors (Lipinski definition) is 1. The second-order valence-corrected chi connectivity index (χ2v) is 6.19. The number of esters is 1. The van der Waals surface area contributed by atoms with Gasteiger partial charge >= 0.3 is 5.97 Å². The van der Waals surface area contributed by atoms with Crippen molar-refractivity contribution in [1.82, 2.24) is 0 Å². The Hall–Kier alpha value is -3.11. The number of carbonyl (C=O) groups excluding carboxylic acids is 2. The first-order valence-corrected chi connectivity index (χ1v) is 8.86. The summed E-state index contributed by atoms with van der Waals surface area (Å²) in [6.45, 7) is 3.46. The first-order chi connectivity index (χ1) is 12.9. The van der Waals surface area contributed by atoms with Crippen LogP contribution in [0.4, 0.5) is 5.69 Å². The number of hydrogen-bond acceptors (Lipinski definition) is 5. The van der Waals surface area contributed by atoms with Gasteiger partial charge < -0.3 is 14.8 Å². The van der Waals surface area contributed by atoms with Gasteiger partial charge in [-0.25, -0.2) is 0 Å². The third-order valence-corrected chi connectivity index (χ3v) is 4.01. The van der Waals surface area contributed by atoms with Gasteiger partial charge in [-0.2, -0.15) is 5.26 Å². The van der Waals surface area contributed by atoms with E-state index in [4.69, 9.17) is 9.47 Å². The average Bonchev–Trinajstić information content (AvgIpc) is 2.63. The van der Waals surface area contributed by atoms with Gasteiger partial charge in [0, 0.05) is 11.4 Å². The smallest absolute Gasteiger partial charge is 0.308 e. The molecule has 0 aliphatic rings. The molecule has 2 rings (SSSR count). The molecule has 0 saturated heterocycles. The number of halogens is 1. The minimum atomic E-state index is -0.536. The van der Waals surface area contributed by atoms with Gasteiger partial charge in [-0.05, 0) is 58.8 Å². The first-order valence-electron chi connectivity index (χ1n) is 8.07. The minimum Gasteiger partial charge on any atom is -0.490 e. The van der Waals surface area contributed by atoms with E-state index >= 15 is 0 Å². The molecule has 0 radical (unpaired) electrons. The van der Waals surface area contributed by atoms with Crippen LogP contribution >= 0.6 is 15.9 Å². The quantitative estimate of drug-likeness (QED) is 0.320. The van der Waals surface area contributed by atoms with Crippen molar-refractivity contribution in [2.24, 2.45) is 0 Å². The molecule has 0 aromatic heterocycles. The van der Waals surface area contributed by atoms with Gasteiger partial charge in [-0.1, -0.05) is 18.2 Å². The van der Waals surface area contributed by atoms with E-state index in [1.807, 2.05) is 12.1 Å². The molecule has 0 atom stereocenters. The molecular weight excluding hydrogens is 412 g/mol. The summed E-state index contributed by atoms with van der Waals surface area (Å²) < 4.78 is 11.3. The molecule has 6 nitrogen and oxygen atoms in total. The molecule has 1 amide bonds.